The van der Waals surface area contributed by atoms with Gasteiger partial charge in [-0.2, -0.15) is 0 Å². The Morgan fingerprint density at radius 3 is 2.42 bits per heavy atom. The predicted octanol–water partition coefficient (Wildman–Crippen LogP) is 3.01. The summed E-state index contributed by atoms with van der Waals surface area (Å²) in [6.07, 6.45) is 0. The van der Waals surface area contributed by atoms with Crippen molar-refractivity contribution in [2.24, 2.45) is 5.73 Å². The number of primary amides is 1. The van der Waals surface area contributed by atoms with E-state index in [-0.39, 0.29) is 0 Å². The largest absolute Gasteiger partial charge is 0.381 e. The summed E-state index contributed by atoms with van der Waals surface area (Å²) in [5.74, 6) is -0.392. The Labute approximate surface area is 113 Å². The summed E-state index contributed by atoms with van der Waals surface area (Å²) in [6.45, 7) is 4.69. The number of amides is 1. The second-order valence-electron chi connectivity index (χ2n) is 4.68. The summed E-state index contributed by atoms with van der Waals surface area (Å²) in [4.78, 5) is 11.3. The number of benzene rings is 2. The van der Waals surface area contributed by atoms with Gasteiger partial charge in [0.1, 0.15) is 0 Å². The summed E-state index contributed by atoms with van der Waals surface area (Å²) in [7, 11) is 0. The van der Waals surface area contributed by atoms with Crippen molar-refractivity contribution in [1.82, 2.24) is 0 Å². The average molecular weight is 254 g/mol. The Morgan fingerprint density at radius 1 is 1.11 bits per heavy atom. The fraction of sp³-hybridized carbons (Fsp3) is 0.188. The molecule has 2 aromatic carbocycles. The standard InChI is InChI=1S/C16H18N2O/c1-11-6-8-13(9-7-11)10-18-15-5-3-4-14(12(15)2)16(17)19/h3-9,18H,10H2,1-2H3,(H2,17,19). The maximum absolute atomic E-state index is 11.3. The lowest BCUT2D eigenvalue weighted by molar-refractivity contribution is 0.1000. The molecule has 0 bridgehead atoms. The number of carbonyl (C=O) groups excluding carboxylic acids is 1. The number of rotatable bonds is 4. The smallest absolute Gasteiger partial charge is 0.249 e. The normalized spacial score (nSPS) is 10.2. The SMILES string of the molecule is Cc1ccc(CNc2cccc(C(N)=O)c2C)cc1. The molecular weight excluding hydrogens is 236 g/mol. The van der Waals surface area contributed by atoms with Crippen LogP contribution in [0.2, 0.25) is 0 Å². The maximum Gasteiger partial charge on any atom is 0.249 e. The van der Waals surface area contributed by atoms with Crippen LogP contribution >= 0.6 is 0 Å². The van der Waals surface area contributed by atoms with Gasteiger partial charge in [0.15, 0.2) is 0 Å². The summed E-state index contributed by atoms with van der Waals surface area (Å²) in [5, 5.41) is 3.34. The maximum atomic E-state index is 11.3. The average Bonchev–Trinajstić information content (AvgIpc) is 2.39. The molecule has 1 amide bonds. The van der Waals surface area contributed by atoms with Crippen LogP contribution in [0, 0.1) is 13.8 Å². The Kier molecular flexibility index (Phi) is 3.85. The highest BCUT2D eigenvalue weighted by Crippen LogP contribution is 2.19. The topological polar surface area (TPSA) is 55.1 Å². The van der Waals surface area contributed by atoms with Gasteiger partial charge < -0.3 is 11.1 Å². The van der Waals surface area contributed by atoms with Crippen LogP contribution in [-0.2, 0) is 6.54 Å². The molecule has 0 radical (unpaired) electrons. The first-order valence-corrected chi connectivity index (χ1v) is 6.27. The third kappa shape index (κ3) is 3.13. The number of hydrogen-bond acceptors (Lipinski definition) is 2. The lowest BCUT2D eigenvalue weighted by Gasteiger charge is -2.12. The summed E-state index contributed by atoms with van der Waals surface area (Å²) >= 11 is 0. The molecule has 0 atom stereocenters. The van der Waals surface area contributed by atoms with E-state index in [4.69, 9.17) is 5.73 Å². The van der Waals surface area contributed by atoms with E-state index in [0.29, 0.717) is 5.56 Å². The van der Waals surface area contributed by atoms with Crippen molar-refractivity contribution in [3.05, 3.63) is 64.7 Å². The minimum Gasteiger partial charge on any atom is -0.381 e. The van der Waals surface area contributed by atoms with Crippen molar-refractivity contribution in [2.45, 2.75) is 20.4 Å². The molecule has 0 aromatic heterocycles. The van der Waals surface area contributed by atoms with Crippen LogP contribution in [0.5, 0.6) is 0 Å². The van der Waals surface area contributed by atoms with Crippen molar-refractivity contribution in [1.29, 1.82) is 0 Å². The van der Waals surface area contributed by atoms with Gasteiger partial charge in [-0.15, -0.1) is 0 Å². The van der Waals surface area contributed by atoms with Crippen LogP contribution in [0.25, 0.3) is 0 Å². The van der Waals surface area contributed by atoms with Gasteiger partial charge in [-0.3, -0.25) is 4.79 Å². The van der Waals surface area contributed by atoms with Gasteiger partial charge >= 0.3 is 0 Å². The molecule has 2 aromatic rings. The van der Waals surface area contributed by atoms with E-state index in [2.05, 4.69) is 36.5 Å². The molecule has 0 aliphatic rings. The number of hydrogen-bond donors (Lipinski definition) is 2. The minimum atomic E-state index is -0.392. The zero-order chi connectivity index (χ0) is 13.8. The van der Waals surface area contributed by atoms with Gasteiger partial charge in [0.05, 0.1) is 0 Å². The number of nitrogens with one attached hydrogen (secondary N) is 1. The van der Waals surface area contributed by atoms with E-state index in [1.165, 1.54) is 11.1 Å². The van der Waals surface area contributed by atoms with Crippen LogP contribution in [0.3, 0.4) is 0 Å². The number of anilines is 1. The number of nitrogens with two attached hydrogens (primary N) is 1. The quantitative estimate of drug-likeness (QED) is 0.881. The van der Waals surface area contributed by atoms with Gasteiger partial charge in [-0.1, -0.05) is 35.9 Å². The first-order valence-electron chi connectivity index (χ1n) is 6.27. The minimum absolute atomic E-state index is 0.392. The van der Waals surface area contributed by atoms with E-state index >= 15 is 0 Å². The van der Waals surface area contributed by atoms with Gasteiger partial charge in [0.25, 0.3) is 0 Å². The first kappa shape index (κ1) is 13.1. The molecule has 98 valence electrons. The number of aryl methyl sites for hydroxylation is 1. The molecule has 2 rings (SSSR count). The molecular formula is C16H18N2O. The molecule has 19 heavy (non-hydrogen) atoms. The van der Waals surface area contributed by atoms with Crippen LogP contribution in [-0.4, -0.2) is 5.91 Å². The highest BCUT2D eigenvalue weighted by Gasteiger charge is 2.07. The summed E-state index contributed by atoms with van der Waals surface area (Å²) in [5.41, 5.74) is 10.2. The van der Waals surface area contributed by atoms with E-state index in [1.807, 2.05) is 19.1 Å². The Bertz CT molecular complexity index is 588. The Balaban J connectivity index is 2.13. The molecule has 0 saturated carbocycles. The van der Waals surface area contributed by atoms with Gasteiger partial charge in [-0.25, -0.2) is 0 Å². The Morgan fingerprint density at radius 2 is 1.79 bits per heavy atom. The molecule has 0 heterocycles. The van der Waals surface area contributed by atoms with Gasteiger partial charge in [-0.05, 0) is 37.1 Å². The van der Waals surface area contributed by atoms with Crippen LogP contribution < -0.4 is 11.1 Å². The summed E-state index contributed by atoms with van der Waals surface area (Å²) in [6, 6.07) is 13.9. The third-order valence-corrected chi connectivity index (χ3v) is 3.20. The highest BCUT2D eigenvalue weighted by molar-refractivity contribution is 5.95. The third-order valence-electron chi connectivity index (χ3n) is 3.20. The molecule has 0 spiro atoms. The van der Waals surface area contributed by atoms with Crippen molar-refractivity contribution in [2.75, 3.05) is 5.32 Å². The lowest BCUT2D eigenvalue weighted by atomic mass is 10.1. The zero-order valence-electron chi connectivity index (χ0n) is 11.2. The van der Waals surface area contributed by atoms with Crippen LogP contribution in [0.4, 0.5) is 5.69 Å². The van der Waals surface area contributed by atoms with E-state index in [0.717, 1.165) is 17.8 Å². The first-order chi connectivity index (χ1) is 9.08. The lowest BCUT2D eigenvalue weighted by Crippen LogP contribution is -2.13. The van der Waals surface area contributed by atoms with Crippen molar-refractivity contribution >= 4 is 11.6 Å². The van der Waals surface area contributed by atoms with Gasteiger partial charge in [0.2, 0.25) is 5.91 Å². The predicted molar refractivity (Wildman–Crippen MR) is 78.2 cm³/mol. The molecule has 0 aliphatic heterocycles. The monoisotopic (exact) mass is 254 g/mol. The van der Waals surface area contributed by atoms with Crippen molar-refractivity contribution < 1.29 is 4.79 Å². The Hall–Kier alpha value is -2.29. The molecule has 3 nitrogen and oxygen atoms in total. The second kappa shape index (κ2) is 5.57. The van der Waals surface area contributed by atoms with E-state index < -0.39 is 5.91 Å². The number of carbonyl (C=O) groups is 1. The van der Waals surface area contributed by atoms with Gasteiger partial charge in [0, 0.05) is 17.8 Å². The van der Waals surface area contributed by atoms with E-state index in [9.17, 15) is 4.79 Å². The van der Waals surface area contributed by atoms with Crippen LogP contribution in [0.1, 0.15) is 27.0 Å². The van der Waals surface area contributed by atoms with Crippen molar-refractivity contribution in [3.8, 4) is 0 Å². The fourth-order valence-electron chi connectivity index (χ4n) is 2.00. The zero-order valence-corrected chi connectivity index (χ0v) is 11.2. The van der Waals surface area contributed by atoms with Crippen LogP contribution in [0.15, 0.2) is 42.5 Å². The second-order valence-corrected chi connectivity index (χ2v) is 4.68. The fourth-order valence-corrected chi connectivity index (χ4v) is 2.00. The highest BCUT2D eigenvalue weighted by atomic mass is 16.1. The molecule has 3 heteroatoms. The summed E-state index contributed by atoms with van der Waals surface area (Å²) < 4.78 is 0. The molecule has 0 fully saturated rings. The molecule has 0 aliphatic carbocycles. The molecule has 0 saturated heterocycles. The van der Waals surface area contributed by atoms with Crippen molar-refractivity contribution in [3.63, 3.8) is 0 Å². The molecule has 0 unspecified atom stereocenters. The van der Waals surface area contributed by atoms with E-state index in [1.54, 1.807) is 6.07 Å². The molecule has 3 N–H and O–H groups in total.